The third-order valence-electron chi connectivity index (χ3n) is 4.69. The zero-order valence-corrected chi connectivity index (χ0v) is 15.3. The zero-order valence-electron chi connectivity index (χ0n) is 13.2. The van der Waals surface area contributed by atoms with E-state index in [1.54, 1.807) is 6.07 Å². The van der Waals surface area contributed by atoms with Crippen LogP contribution >= 0.6 is 22.6 Å². The van der Waals surface area contributed by atoms with Gasteiger partial charge in [-0.2, -0.15) is 0 Å². The number of halogens is 2. The Kier molecular flexibility index (Phi) is 6.48. The minimum absolute atomic E-state index is 0.136. The lowest BCUT2D eigenvalue weighted by Gasteiger charge is -2.39. The molecule has 1 fully saturated rings. The molecule has 0 aliphatic heterocycles. The molecule has 1 saturated carbocycles. The molecule has 1 aromatic carbocycles. The predicted octanol–water partition coefficient (Wildman–Crippen LogP) is 5.78. The van der Waals surface area contributed by atoms with E-state index in [0.717, 1.165) is 10.8 Å². The predicted molar refractivity (Wildman–Crippen MR) is 94.2 cm³/mol. The van der Waals surface area contributed by atoms with Crippen molar-refractivity contribution in [3.05, 3.63) is 35.6 Å². The van der Waals surface area contributed by atoms with Crippen LogP contribution in [-0.4, -0.2) is 10.5 Å². The van der Waals surface area contributed by atoms with Crippen molar-refractivity contribution in [3.8, 4) is 0 Å². The summed E-state index contributed by atoms with van der Waals surface area (Å²) in [6.07, 6.45) is 3.74. The molecule has 118 valence electrons. The normalized spacial score (nSPS) is 27.8. The highest BCUT2D eigenvalue weighted by molar-refractivity contribution is 14.1. The van der Waals surface area contributed by atoms with Crippen molar-refractivity contribution in [2.75, 3.05) is 4.43 Å². The molecule has 0 N–H and O–H groups in total. The van der Waals surface area contributed by atoms with E-state index < -0.39 is 0 Å². The third kappa shape index (κ3) is 4.41. The van der Waals surface area contributed by atoms with E-state index in [1.807, 2.05) is 12.1 Å². The van der Waals surface area contributed by atoms with Crippen molar-refractivity contribution in [2.24, 2.45) is 17.8 Å². The highest BCUT2D eigenvalue weighted by Gasteiger charge is 2.33. The molecule has 0 saturated heterocycles. The van der Waals surface area contributed by atoms with Crippen LogP contribution in [0.25, 0.3) is 0 Å². The van der Waals surface area contributed by atoms with Gasteiger partial charge in [0.2, 0.25) is 0 Å². The molecule has 21 heavy (non-hydrogen) atoms. The van der Waals surface area contributed by atoms with Crippen LogP contribution in [0.15, 0.2) is 24.3 Å². The molecule has 3 heteroatoms. The maximum atomic E-state index is 14.0. The van der Waals surface area contributed by atoms with Crippen LogP contribution in [0.2, 0.25) is 0 Å². The topological polar surface area (TPSA) is 9.23 Å². The summed E-state index contributed by atoms with van der Waals surface area (Å²) in [7, 11) is 0. The largest absolute Gasteiger partial charge is 0.369 e. The molecular weight excluding hydrogens is 378 g/mol. The van der Waals surface area contributed by atoms with Gasteiger partial charge in [0, 0.05) is 9.99 Å². The van der Waals surface area contributed by atoms with Gasteiger partial charge >= 0.3 is 0 Å². The number of ether oxygens (including phenoxy) is 1. The van der Waals surface area contributed by atoms with Crippen molar-refractivity contribution in [1.82, 2.24) is 0 Å². The fourth-order valence-electron chi connectivity index (χ4n) is 3.41. The average Bonchev–Trinajstić information content (AvgIpc) is 2.45. The highest BCUT2D eigenvalue weighted by Crippen LogP contribution is 2.38. The van der Waals surface area contributed by atoms with Crippen LogP contribution in [0.4, 0.5) is 4.39 Å². The van der Waals surface area contributed by atoms with Crippen molar-refractivity contribution < 1.29 is 9.13 Å². The van der Waals surface area contributed by atoms with E-state index in [2.05, 4.69) is 43.4 Å². The van der Waals surface area contributed by atoms with Gasteiger partial charge in [0.15, 0.2) is 0 Å². The second-order valence-corrected chi connectivity index (χ2v) is 7.55. The smallest absolute Gasteiger partial charge is 0.129 e. The first-order valence-electron chi connectivity index (χ1n) is 7.98. The summed E-state index contributed by atoms with van der Waals surface area (Å²) < 4.78 is 21.2. The number of hydrogen-bond acceptors (Lipinski definition) is 1. The monoisotopic (exact) mass is 404 g/mol. The molecule has 1 nitrogen and oxygen atoms in total. The molecule has 0 aromatic heterocycles. The molecule has 1 aliphatic carbocycles. The number of alkyl halides is 1. The van der Waals surface area contributed by atoms with Crippen molar-refractivity contribution in [1.29, 1.82) is 0 Å². The second kappa shape index (κ2) is 7.91. The van der Waals surface area contributed by atoms with Crippen LogP contribution in [0.1, 0.15) is 51.7 Å². The first kappa shape index (κ1) is 17.2. The lowest BCUT2D eigenvalue weighted by Crippen LogP contribution is -2.35. The third-order valence-corrected chi connectivity index (χ3v) is 5.49. The molecule has 2 rings (SSSR count). The van der Waals surface area contributed by atoms with Crippen molar-refractivity contribution >= 4 is 22.6 Å². The SMILES string of the molecule is CC1CCC(C(C)C)C(OC(CI)c2ccccc2F)C1. The Labute approximate surface area is 141 Å². The van der Waals surface area contributed by atoms with E-state index in [4.69, 9.17) is 4.74 Å². The first-order chi connectivity index (χ1) is 10.0. The van der Waals surface area contributed by atoms with Gasteiger partial charge in [-0.1, -0.05) is 68.0 Å². The summed E-state index contributed by atoms with van der Waals surface area (Å²) in [6, 6.07) is 7.02. The maximum Gasteiger partial charge on any atom is 0.129 e. The number of hydrogen-bond donors (Lipinski definition) is 0. The standard InChI is InChI=1S/C18H26FIO/c1-12(2)14-9-8-13(3)10-17(14)21-18(11-20)15-6-4-5-7-16(15)19/h4-7,12-14,17-18H,8-11H2,1-3H3. The Hall–Kier alpha value is -0.160. The fourth-order valence-corrected chi connectivity index (χ4v) is 4.09. The minimum atomic E-state index is -0.149. The maximum absolute atomic E-state index is 14.0. The quantitative estimate of drug-likeness (QED) is 0.447. The van der Waals surface area contributed by atoms with Gasteiger partial charge < -0.3 is 4.74 Å². The second-order valence-electron chi connectivity index (χ2n) is 6.67. The molecular formula is C18H26FIO. The van der Waals surface area contributed by atoms with Crippen LogP contribution in [0.3, 0.4) is 0 Å². The van der Waals surface area contributed by atoms with E-state index in [1.165, 1.54) is 18.9 Å². The number of rotatable bonds is 5. The summed E-state index contributed by atoms with van der Waals surface area (Å²) >= 11 is 2.30. The molecule has 4 atom stereocenters. The Morgan fingerprint density at radius 3 is 2.62 bits per heavy atom. The molecule has 1 aliphatic rings. The minimum Gasteiger partial charge on any atom is -0.369 e. The summed E-state index contributed by atoms with van der Waals surface area (Å²) in [5, 5.41) is 0. The van der Waals surface area contributed by atoms with Gasteiger partial charge in [-0.15, -0.1) is 0 Å². The van der Waals surface area contributed by atoms with Gasteiger partial charge in [-0.05, 0) is 36.7 Å². The molecule has 0 amide bonds. The summed E-state index contributed by atoms with van der Waals surface area (Å²) in [6.45, 7) is 6.85. The lowest BCUT2D eigenvalue weighted by atomic mass is 9.75. The molecule has 0 heterocycles. The van der Waals surface area contributed by atoms with Crippen LogP contribution in [0.5, 0.6) is 0 Å². The van der Waals surface area contributed by atoms with Crippen molar-refractivity contribution in [3.63, 3.8) is 0 Å². The fraction of sp³-hybridized carbons (Fsp3) is 0.667. The molecule has 1 aromatic rings. The van der Waals surface area contributed by atoms with Crippen LogP contribution in [-0.2, 0) is 4.74 Å². The summed E-state index contributed by atoms with van der Waals surface area (Å²) in [5.74, 6) is 1.78. The Balaban J connectivity index is 2.14. The molecule has 4 unspecified atom stereocenters. The average molecular weight is 404 g/mol. The van der Waals surface area contributed by atoms with Crippen molar-refractivity contribution in [2.45, 2.75) is 52.2 Å². The Bertz CT molecular complexity index is 449. The highest BCUT2D eigenvalue weighted by atomic mass is 127. The Morgan fingerprint density at radius 2 is 2.00 bits per heavy atom. The van der Waals surface area contributed by atoms with E-state index >= 15 is 0 Å². The van der Waals surface area contributed by atoms with Gasteiger partial charge in [0.1, 0.15) is 5.82 Å². The van der Waals surface area contributed by atoms with Gasteiger partial charge in [-0.3, -0.25) is 0 Å². The van der Waals surface area contributed by atoms with Gasteiger partial charge in [-0.25, -0.2) is 4.39 Å². The zero-order chi connectivity index (χ0) is 15.4. The van der Waals surface area contributed by atoms with E-state index in [9.17, 15) is 4.39 Å². The van der Waals surface area contributed by atoms with Gasteiger partial charge in [0.05, 0.1) is 12.2 Å². The Morgan fingerprint density at radius 1 is 1.29 bits per heavy atom. The van der Waals surface area contributed by atoms with Gasteiger partial charge in [0.25, 0.3) is 0 Å². The first-order valence-corrected chi connectivity index (χ1v) is 9.51. The van der Waals surface area contributed by atoms with Crippen LogP contribution < -0.4 is 0 Å². The summed E-state index contributed by atoms with van der Waals surface area (Å²) in [4.78, 5) is 0. The number of benzene rings is 1. The van der Waals surface area contributed by atoms with E-state index in [-0.39, 0.29) is 18.0 Å². The molecule has 0 radical (unpaired) electrons. The molecule has 0 spiro atoms. The molecule has 0 bridgehead atoms. The van der Waals surface area contributed by atoms with Crippen LogP contribution in [0, 0.1) is 23.6 Å². The lowest BCUT2D eigenvalue weighted by molar-refractivity contribution is -0.0736. The summed E-state index contributed by atoms with van der Waals surface area (Å²) in [5.41, 5.74) is 0.702. The van der Waals surface area contributed by atoms with E-state index in [0.29, 0.717) is 23.3 Å².